The van der Waals surface area contributed by atoms with Crippen molar-refractivity contribution in [1.29, 1.82) is 0 Å². The van der Waals surface area contributed by atoms with E-state index in [4.69, 9.17) is 14.7 Å². The molecule has 1 aromatic heterocycles. The van der Waals surface area contributed by atoms with Crippen molar-refractivity contribution in [3.63, 3.8) is 0 Å². The summed E-state index contributed by atoms with van der Waals surface area (Å²) < 4.78 is 6.14. The monoisotopic (exact) mass is 297 g/mol. The lowest BCUT2D eigenvalue weighted by atomic mass is 9.83. The van der Waals surface area contributed by atoms with E-state index in [0.717, 1.165) is 42.3 Å². The maximum Gasteiger partial charge on any atom is 0.236 e. The fourth-order valence-corrected chi connectivity index (χ4v) is 3.30. The van der Waals surface area contributed by atoms with E-state index in [9.17, 15) is 0 Å². The number of hydrogen-bond donors (Lipinski definition) is 1. The first-order valence-electron chi connectivity index (χ1n) is 8.50. The quantitative estimate of drug-likeness (QED) is 0.941. The predicted molar refractivity (Wildman–Crippen MR) is 87.2 cm³/mol. The van der Waals surface area contributed by atoms with Gasteiger partial charge >= 0.3 is 0 Å². The smallest absolute Gasteiger partial charge is 0.236 e. The summed E-state index contributed by atoms with van der Waals surface area (Å²) in [6, 6.07) is 8.10. The first-order valence-corrected chi connectivity index (χ1v) is 8.50. The van der Waals surface area contributed by atoms with Crippen LogP contribution in [0.2, 0.25) is 0 Å². The van der Waals surface area contributed by atoms with Crippen LogP contribution in [0.1, 0.15) is 43.7 Å². The Morgan fingerprint density at radius 1 is 1.00 bits per heavy atom. The number of hydrogen-bond acceptors (Lipinski definition) is 4. The molecule has 1 saturated heterocycles. The van der Waals surface area contributed by atoms with Gasteiger partial charge in [0.2, 0.25) is 5.88 Å². The molecular weight excluding hydrogens is 274 g/mol. The summed E-state index contributed by atoms with van der Waals surface area (Å²) >= 11 is 0. The van der Waals surface area contributed by atoms with Crippen LogP contribution in [0.5, 0.6) is 5.88 Å². The van der Waals surface area contributed by atoms with Gasteiger partial charge in [-0.25, -0.2) is 9.97 Å². The van der Waals surface area contributed by atoms with Gasteiger partial charge in [-0.2, -0.15) is 0 Å². The van der Waals surface area contributed by atoms with E-state index < -0.39 is 0 Å². The van der Waals surface area contributed by atoms with Crippen LogP contribution in [-0.4, -0.2) is 29.7 Å². The van der Waals surface area contributed by atoms with E-state index in [1.165, 1.54) is 32.1 Å². The van der Waals surface area contributed by atoms with Gasteiger partial charge in [-0.3, -0.25) is 0 Å². The van der Waals surface area contributed by atoms with Crippen LogP contribution in [0.4, 0.5) is 0 Å². The zero-order valence-corrected chi connectivity index (χ0v) is 12.9. The van der Waals surface area contributed by atoms with Gasteiger partial charge in [-0.05, 0) is 56.8 Å². The lowest BCUT2D eigenvalue weighted by Gasteiger charge is -2.27. The molecule has 4 rings (SSSR count). The molecule has 2 aromatic rings. The fraction of sp³-hybridized carbons (Fsp3) is 0.556. The number of nitrogens with zero attached hydrogens (tertiary/aromatic N) is 2. The van der Waals surface area contributed by atoms with E-state index in [-0.39, 0.29) is 0 Å². The zero-order valence-electron chi connectivity index (χ0n) is 12.9. The average molecular weight is 297 g/mol. The molecule has 0 spiro atoms. The van der Waals surface area contributed by atoms with Crippen molar-refractivity contribution in [2.24, 2.45) is 5.92 Å². The maximum atomic E-state index is 6.14. The van der Waals surface area contributed by atoms with Crippen molar-refractivity contribution in [2.75, 3.05) is 19.7 Å². The van der Waals surface area contributed by atoms with Crippen molar-refractivity contribution in [3.05, 3.63) is 30.0 Å². The molecule has 2 heterocycles. The Hall–Kier alpha value is -1.68. The van der Waals surface area contributed by atoms with Gasteiger partial charge in [0.05, 0.1) is 17.6 Å². The Labute approximate surface area is 131 Å². The molecule has 116 valence electrons. The molecule has 1 aliphatic carbocycles. The Kier molecular flexibility index (Phi) is 3.94. The minimum atomic E-state index is 0.542. The highest BCUT2D eigenvalue weighted by molar-refractivity contribution is 5.74. The molecular formula is C18H23N3O. The summed E-state index contributed by atoms with van der Waals surface area (Å²) in [5.74, 6) is 1.96. The average Bonchev–Trinajstić information content (AvgIpc) is 2.52. The minimum absolute atomic E-state index is 0.542. The molecule has 0 amide bonds. The minimum Gasteiger partial charge on any atom is -0.476 e. The summed E-state index contributed by atoms with van der Waals surface area (Å²) in [5, 5.41) is 3.40. The predicted octanol–water partition coefficient (Wildman–Crippen LogP) is 3.28. The maximum absolute atomic E-state index is 6.14. The molecule has 2 fully saturated rings. The van der Waals surface area contributed by atoms with E-state index in [1.807, 2.05) is 24.3 Å². The Bertz CT molecular complexity index is 648. The van der Waals surface area contributed by atoms with Gasteiger partial charge in [0.15, 0.2) is 0 Å². The van der Waals surface area contributed by atoms with Crippen LogP contribution >= 0.6 is 0 Å². The molecule has 4 nitrogen and oxygen atoms in total. The Morgan fingerprint density at radius 2 is 1.73 bits per heavy atom. The molecule has 0 radical (unpaired) electrons. The number of nitrogens with one attached hydrogen (secondary N) is 1. The number of ether oxygens (including phenoxy) is 1. The van der Waals surface area contributed by atoms with Crippen LogP contribution in [0.3, 0.4) is 0 Å². The first-order chi connectivity index (χ1) is 10.9. The van der Waals surface area contributed by atoms with Crippen molar-refractivity contribution in [3.8, 4) is 5.88 Å². The Morgan fingerprint density at radius 3 is 2.41 bits per heavy atom. The molecule has 2 aliphatic rings. The molecule has 0 atom stereocenters. The second kappa shape index (κ2) is 6.21. The zero-order chi connectivity index (χ0) is 14.8. The van der Waals surface area contributed by atoms with Crippen LogP contribution in [0.25, 0.3) is 11.0 Å². The summed E-state index contributed by atoms with van der Waals surface area (Å²) in [7, 11) is 0. The third kappa shape index (κ3) is 2.80. The summed E-state index contributed by atoms with van der Waals surface area (Å²) in [5.41, 5.74) is 3.00. The van der Waals surface area contributed by atoms with Gasteiger partial charge in [-0.1, -0.05) is 18.6 Å². The fourth-order valence-electron chi connectivity index (χ4n) is 3.30. The number of rotatable bonds is 4. The largest absolute Gasteiger partial charge is 0.476 e. The molecule has 1 saturated carbocycles. The number of piperidine rings is 1. The first kappa shape index (κ1) is 13.9. The molecule has 1 aromatic carbocycles. The third-order valence-corrected chi connectivity index (χ3v) is 4.97. The molecule has 0 bridgehead atoms. The van der Waals surface area contributed by atoms with Crippen molar-refractivity contribution < 1.29 is 4.74 Å². The van der Waals surface area contributed by atoms with Gasteiger partial charge in [-0.15, -0.1) is 0 Å². The molecule has 0 unspecified atom stereocenters. The second-order valence-electron chi connectivity index (χ2n) is 6.53. The van der Waals surface area contributed by atoms with Gasteiger partial charge < -0.3 is 10.1 Å². The van der Waals surface area contributed by atoms with Crippen LogP contribution < -0.4 is 10.1 Å². The van der Waals surface area contributed by atoms with Crippen LogP contribution in [0, 0.1) is 5.92 Å². The van der Waals surface area contributed by atoms with E-state index in [2.05, 4.69) is 5.32 Å². The van der Waals surface area contributed by atoms with E-state index in [1.54, 1.807) is 0 Å². The van der Waals surface area contributed by atoms with Crippen LogP contribution in [0.15, 0.2) is 24.3 Å². The lowest BCUT2D eigenvalue weighted by Crippen LogP contribution is -2.30. The third-order valence-electron chi connectivity index (χ3n) is 4.97. The van der Waals surface area contributed by atoms with Crippen LogP contribution in [-0.2, 0) is 0 Å². The van der Waals surface area contributed by atoms with Gasteiger partial charge in [0, 0.05) is 5.92 Å². The normalized spacial score (nSPS) is 20.0. The van der Waals surface area contributed by atoms with E-state index >= 15 is 0 Å². The highest BCUT2D eigenvalue weighted by Gasteiger charge is 2.26. The molecule has 4 heteroatoms. The number of para-hydroxylation sites is 2. The standard InChI is InChI=1S/C18H23N3O/c1-2-7-16-15(6-1)20-17(14-4-3-5-14)18(21-16)22-12-13-8-10-19-11-9-13/h1-2,6-7,13-14,19H,3-5,8-12H2. The summed E-state index contributed by atoms with van der Waals surface area (Å²) in [4.78, 5) is 9.62. The molecule has 1 aliphatic heterocycles. The summed E-state index contributed by atoms with van der Waals surface area (Å²) in [6.07, 6.45) is 6.12. The molecule has 1 N–H and O–H groups in total. The van der Waals surface area contributed by atoms with E-state index in [0.29, 0.717) is 11.8 Å². The van der Waals surface area contributed by atoms with Gasteiger partial charge in [0.1, 0.15) is 5.69 Å². The van der Waals surface area contributed by atoms with Crippen molar-refractivity contribution in [2.45, 2.75) is 38.0 Å². The highest BCUT2D eigenvalue weighted by Crippen LogP contribution is 2.39. The topological polar surface area (TPSA) is 47.0 Å². The SMILES string of the molecule is c1ccc2nc(C3CCC3)c(OCC3CCNCC3)nc2c1. The second-order valence-corrected chi connectivity index (χ2v) is 6.53. The summed E-state index contributed by atoms with van der Waals surface area (Å²) in [6.45, 7) is 2.98. The van der Waals surface area contributed by atoms with Crippen molar-refractivity contribution >= 4 is 11.0 Å². The van der Waals surface area contributed by atoms with Gasteiger partial charge in [0.25, 0.3) is 0 Å². The van der Waals surface area contributed by atoms with Crippen molar-refractivity contribution in [1.82, 2.24) is 15.3 Å². The number of benzene rings is 1. The Balaban J connectivity index is 1.59. The molecule has 22 heavy (non-hydrogen) atoms. The number of fused-ring (bicyclic) bond motifs is 1. The number of aromatic nitrogens is 2. The highest BCUT2D eigenvalue weighted by atomic mass is 16.5. The lowest BCUT2D eigenvalue weighted by molar-refractivity contribution is 0.204.